The van der Waals surface area contributed by atoms with Gasteiger partial charge in [-0.3, -0.25) is 4.79 Å². The second-order valence-corrected chi connectivity index (χ2v) is 5.42. The number of likely N-dealkylation sites (tertiary alicyclic amines) is 1. The SMILES string of the molecule is Cc1ccccc1[C@@H]1C[C@H](C)N(C(=O)[C@@H](C)N)C1. The van der Waals surface area contributed by atoms with E-state index in [0.29, 0.717) is 5.92 Å². The first-order valence-electron chi connectivity index (χ1n) is 6.62. The Morgan fingerprint density at radius 1 is 1.44 bits per heavy atom. The van der Waals surface area contributed by atoms with Crippen molar-refractivity contribution in [3.8, 4) is 0 Å². The van der Waals surface area contributed by atoms with E-state index in [9.17, 15) is 4.79 Å². The van der Waals surface area contributed by atoms with E-state index in [-0.39, 0.29) is 11.9 Å². The van der Waals surface area contributed by atoms with E-state index in [1.165, 1.54) is 11.1 Å². The molecule has 1 fully saturated rings. The summed E-state index contributed by atoms with van der Waals surface area (Å²) in [6.07, 6.45) is 1.03. The van der Waals surface area contributed by atoms with E-state index in [1.54, 1.807) is 6.92 Å². The molecule has 2 rings (SSSR count). The van der Waals surface area contributed by atoms with Crippen LogP contribution in [0.25, 0.3) is 0 Å². The average molecular weight is 246 g/mol. The molecule has 1 heterocycles. The molecule has 0 saturated carbocycles. The summed E-state index contributed by atoms with van der Waals surface area (Å²) in [5.41, 5.74) is 8.38. The standard InChI is InChI=1S/C15H22N2O/c1-10-6-4-5-7-14(10)13-8-11(2)17(9-13)15(18)12(3)16/h4-7,11-13H,8-9,16H2,1-3H3/t11-,12+,13+/m0/s1. The lowest BCUT2D eigenvalue weighted by molar-refractivity contribution is -0.132. The summed E-state index contributed by atoms with van der Waals surface area (Å²) in [5, 5.41) is 0. The van der Waals surface area contributed by atoms with Gasteiger partial charge in [0.1, 0.15) is 0 Å². The van der Waals surface area contributed by atoms with Gasteiger partial charge in [-0.15, -0.1) is 0 Å². The zero-order chi connectivity index (χ0) is 13.3. The molecule has 1 aliphatic heterocycles. The maximum atomic E-state index is 12.0. The molecule has 1 saturated heterocycles. The van der Waals surface area contributed by atoms with Gasteiger partial charge in [0.25, 0.3) is 0 Å². The normalized spacial score (nSPS) is 25.2. The third-order valence-electron chi connectivity index (χ3n) is 3.88. The molecule has 1 aliphatic rings. The molecule has 2 N–H and O–H groups in total. The number of rotatable bonds is 2. The number of hydrogen-bond acceptors (Lipinski definition) is 2. The van der Waals surface area contributed by atoms with E-state index in [2.05, 4.69) is 38.1 Å². The molecule has 1 aromatic rings. The molecule has 0 aliphatic carbocycles. The number of nitrogens with zero attached hydrogens (tertiary/aromatic N) is 1. The van der Waals surface area contributed by atoms with E-state index in [1.807, 2.05) is 4.90 Å². The van der Waals surface area contributed by atoms with Crippen molar-refractivity contribution in [2.75, 3.05) is 6.54 Å². The van der Waals surface area contributed by atoms with Crippen LogP contribution in [0.2, 0.25) is 0 Å². The summed E-state index contributed by atoms with van der Waals surface area (Å²) in [5.74, 6) is 0.516. The second-order valence-electron chi connectivity index (χ2n) is 5.42. The largest absolute Gasteiger partial charge is 0.338 e. The van der Waals surface area contributed by atoms with Gasteiger partial charge in [-0.1, -0.05) is 24.3 Å². The molecule has 1 aromatic carbocycles. The minimum absolute atomic E-state index is 0.0681. The van der Waals surface area contributed by atoms with Crippen molar-refractivity contribution in [1.82, 2.24) is 4.90 Å². The maximum Gasteiger partial charge on any atom is 0.239 e. The number of benzene rings is 1. The third kappa shape index (κ3) is 2.41. The number of aryl methyl sites for hydroxylation is 1. The lowest BCUT2D eigenvalue weighted by Gasteiger charge is -2.23. The number of hydrogen-bond donors (Lipinski definition) is 1. The average Bonchev–Trinajstić information content (AvgIpc) is 2.70. The van der Waals surface area contributed by atoms with Crippen molar-refractivity contribution in [2.24, 2.45) is 5.73 Å². The smallest absolute Gasteiger partial charge is 0.239 e. The minimum atomic E-state index is -0.400. The van der Waals surface area contributed by atoms with Crippen LogP contribution in [0.1, 0.15) is 37.3 Å². The van der Waals surface area contributed by atoms with Gasteiger partial charge in [-0.2, -0.15) is 0 Å². The van der Waals surface area contributed by atoms with Crippen LogP contribution < -0.4 is 5.73 Å². The summed E-state index contributed by atoms with van der Waals surface area (Å²) < 4.78 is 0. The fraction of sp³-hybridized carbons (Fsp3) is 0.533. The summed E-state index contributed by atoms with van der Waals surface area (Å²) in [6, 6.07) is 8.32. The lowest BCUT2D eigenvalue weighted by atomic mass is 9.93. The molecule has 3 nitrogen and oxygen atoms in total. The Kier molecular flexibility index (Phi) is 3.71. The predicted molar refractivity (Wildman–Crippen MR) is 73.4 cm³/mol. The Hall–Kier alpha value is -1.35. The van der Waals surface area contributed by atoms with Crippen molar-refractivity contribution < 1.29 is 4.79 Å². The Bertz CT molecular complexity index is 442. The molecule has 3 heteroatoms. The van der Waals surface area contributed by atoms with E-state index in [0.717, 1.165) is 13.0 Å². The van der Waals surface area contributed by atoms with Crippen molar-refractivity contribution in [3.05, 3.63) is 35.4 Å². The molecular weight excluding hydrogens is 224 g/mol. The summed E-state index contributed by atoms with van der Waals surface area (Å²) in [4.78, 5) is 14.0. The Balaban J connectivity index is 2.16. The van der Waals surface area contributed by atoms with E-state index >= 15 is 0 Å². The van der Waals surface area contributed by atoms with E-state index < -0.39 is 6.04 Å². The van der Waals surface area contributed by atoms with Crippen LogP contribution >= 0.6 is 0 Å². The second kappa shape index (κ2) is 5.11. The molecule has 0 bridgehead atoms. The molecule has 98 valence electrons. The Labute approximate surface area is 109 Å². The molecule has 18 heavy (non-hydrogen) atoms. The van der Waals surface area contributed by atoms with Crippen molar-refractivity contribution in [1.29, 1.82) is 0 Å². The highest BCUT2D eigenvalue weighted by Crippen LogP contribution is 2.33. The molecular formula is C15H22N2O. The van der Waals surface area contributed by atoms with Crippen LogP contribution in [0.3, 0.4) is 0 Å². The van der Waals surface area contributed by atoms with Gasteiger partial charge in [-0.05, 0) is 38.3 Å². The summed E-state index contributed by atoms with van der Waals surface area (Å²) in [7, 11) is 0. The molecule has 0 radical (unpaired) electrons. The summed E-state index contributed by atoms with van der Waals surface area (Å²) >= 11 is 0. The summed E-state index contributed by atoms with van der Waals surface area (Å²) in [6.45, 7) is 6.80. The van der Waals surface area contributed by atoms with Gasteiger partial charge in [0.05, 0.1) is 6.04 Å². The quantitative estimate of drug-likeness (QED) is 0.868. The zero-order valence-electron chi connectivity index (χ0n) is 11.4. The number of carbonyl (C=O) groups is 1. The van der Waals surface area contributed by atoms with Gasteiger partial charge in [-0.25, -0.2) is 0 Å². The highest BCUT2D eigenvalue weighted by atomic mass is 16.2. The van der Waals surface area contributed by atoms with Gasteiger partial charge >= 0.3 is 0 Å². The predicted octanol–water partition coefficient (Wildman–Crippen LogP) is 2.05. The number of nitrogens with two attached hydrogens (primary N) is 1. The van der Waals surface area contributed by atoms with Crippen molar-refractivity contribution in [3.63, 3.8) is 0 Å². The first-order chi connectivity index (χ1) is 8.50. The third-order valence-corrected chi connectivity index (χ3v) is 3.88. The molecule has 0 unspecified atom stereocenters. The van der Waals surface area contributed by atoms with E-state index in [4.69, 9.17) is 5.73 Å². The fourth-order valence-corrected chi connectivity index (χ4v) is 2.87. The van der Waals surface area contributed by atoms with Crippen LogP contribution in [0.4, 0.5) is 0 Å². The zero-order valence-corrected chi connectivity index (χ0v) is 11.4. The van der Waals surface area contributed by atoms with Gasteiger partial charge in [0.15, 0.2) is 0 Å². The first-order valence-corrected chi connectivity index (χ1v) is 6.62. The number of amides is 1. The molecule has 0 spiro atoms. The Morgan fingerprint density at radius 3 is 2.72 bits per heavy atom. The maximum absolute atomic E-state index is 12.0. The van der Waals surface area contributed by atoms with Crippen LogP contribution in [0, 0.1) is 6.92 Å². The monoisotopic (exact) mass is 246 g/mol. The van der Waals surface area contributed by atoms with Crippen LogP contribution in [-0.2, 0) is 4.79 Å². The van der Waals surface area contributed by atoms with Crippen LogP contribution in [0.5, 0.6) is 0 Å². The topological polar surface area (TPSA) is 46.3 Å². The van der Waals surface area contributed by atoms with Crippen molar-refractivity contribution in [2.45, 2.75) is 45.2 Å². The minimum Gasteiger partial charge on any atom is -0.338 e. The van der Waals surface area contributed by atoms with Crippen molar-refractivity contribution >= 4 is 5.91 Å². The highest BCUT2D eigenvalue weighted by Gasteiger charge is 2.34. The van der Waals surface area contributed by atoms with Crippen LogP contribution in [-0.4, -0.2) is 29.4 Å². The number of carbonyl (C=O) groups excluding carboxylic acids is 1. The lowest BCUT2D eigenvalue weighted by Crippen LogP contribution is -2.43. The fourth-order valence-electron chi connectivity index (χ4n) is 2.87. The molecule has 1 amide bonds. The van der Waals surface area contributed by atoms with Gasteiger partial charge < -0.3 is 10.6 Å². The molecule has 3 atom stereocenters. The molecule has 0 aromatic heterocycles. The Morgan fingerprint density at radius 2 is 2.11 bits per heavy atom. The van der Waals surface area contributed by atoms with Gasteiger partial charge in [0.2, 0.25) is 5.91 Å². The van der Waals surface area contributed by atoms with Gasteiger partial charge in [0, 0.05) is 18.5 Å². The van der Waals surface area contributed by atoms with Crippen LogP contribution in [0.15, 0.2) is 24.3 Å². The highest BCUT2D eigenvalue weighted by molar-refractivity contribution is 5.81. The first kappa shape index (κ1) is 13.1.